The van der Waals surface area contributed by atoms with Crippen LogP contribution in [0.1, 0.15) is 13.3 Å². The van der Waals surface area contributed by atoms with Crippen molar-refractivity contribution in [3.63, 3.8) is 0 Å². The Hall–Kier alpha value is -1.71. The molecule has 0 fully saturated rings. The third-order valence-electron chi connectivity index (χ3n) is 2.91. The van der Waals surface area contributed by atoms with Gasteiger partial charge in [0.1, 0.15) is 5.75 Å². The summed E-state index contributed by atoms with van der Waals surface area (Å²) in [7, 11) is -1.36. The van der Waals surface area contributed by atoms with Crippen molar-refractivity contribution >= 4 is 15.7 Å². The Balaban J connectivity index is 3.21. The van der Waals surface area contributed by atoms with Gasteiger partial charge in [-0.3, -0.25) is 10.1 Å². The number of nitrogens with zero attached hydrogens (tertiary/aromatic N) is 2. The number of aliphatic hydroxyl groups is 1. The number of hydrogen-bond donors (Lipinski definition) is 1. The predicted molar refractivity (Wildman–Crippen MR) is 75.8 cm³/mol. The zero-order valence-electron chi connectivity index (χ0n) is 12.0. The first-order valence-corrected chi connectivity index (χ1v) is 7.61. The number of aliphatic hydroxyl groups excluding tert-OH is 1. The third kappa shape index (κ3) is 4.13. The van der Waals surface area contributed by atoms with Gasteiger partial charge < -0.3 is 9.84 Å². The molecule has 0 saturated heterocycles. The van der Waals surface area contributed by atoms with E-state index in [2.05, 4.69) is 0 Å². The quantitative estimate of drug-likeness (QED) is 0.593. The summed E-state index contributed by atoms with van der Waals surface area (Å²) in [6.07, 6.45) is -0.423. The van der Waals surface area contributed by atoms with Crippen molar-refractivity contribution in [3.8, 4) is 5.75 Å². The molecule has 118 valence electrons. The molecule has 1 rings (SSSR count). The molecule has 0 bridgehead atoms. The van der Waals surface area contributed by atoms with Crippen LogP contribution in [0, 0.1) is 10.1 Å². The van der Waals surface area contributed by atoms with E-state index in [1.807, 2.05) is 0 Å². The summed E-state index contributed by atoms with van der Waals surface area (Å²) in [5.41, 5.74) is -0.543. The predicted octanol–water partition coefficient (Wildman–Crippen LogP) is 0.995. The Morgan fingerprint density at radius 3 is 2.57 bits per heavy atom. The van der Waals surface area contributed by atoms with Crippen LogP contribution in [-0.4, -0.2) is 49.6 Å². The number of benzene rings is 1. The van der Waals surface area contributed by atoms with Gasteiger partial charge in [0.05, 0.1) is 24.2 Å². The second-order valence-electron chi connectivity index (χ2n) is 4.56. The van der Waals surface area contributed by atoms with Gasteiger partial charge in [-0.2, -0.15) is 0 Å². The van der Waals surface area contributed by atoms with E-state index in [1.54, 1.807) is 0 Å². The zero-order valence-corrected chi connectivity index (χ0v) is 12.8. The maximum atomic E-state index is 12.4. The zero-order chi connectivity index (χ0) is 16.2. The summed E-state index contributed by atoms with van der Waals surface area (Å²) >= 11 is 0. The number of ether oxygens (including phenoxy) is 1. The first-order chi connectivity index (χ1) is 9.70. The molecule has 1 aromatic carbocycles. The molecule has 0 spiro atoms. The fraction of sp³-hybridized carbons (Fsp3) is 0.500. The van der Waals surface area contributed by atoms with Crippen LogP contribution in [0.4, 0.5) is 5.69 Å². The molecule has 8 nitrogen and oxygen atoms in total. The lowest BCUT2D eigenvalue weighted by Crippen LogP contribution is -2.30. The molecule has 0 saturated carbocycles. The highest BCUT2D eigenvalue weighted by atomic mass is 32.2. The Morgan fingerprint density at radius 2 is 2.10 bits per heavy atom. The highest BCUT2D eigenvalue weighted by molar-refractivity contribution is 7.89. The van der Waals surface area contributed by atoms with Gasteiger partial charge in [0, 0.05) is 13.6 Å². The van der Waals surface area contributed by atoms with Crippen molar-refractivity contribution in [3.05, 3.63) is 28.3 Å². The summed E-state index contributed by atoms with van der Waals surface area (Å²) in [5.74, 6) is 0.201. The molecule has 1 aromatic rings. The first kappa shape index (κ1) is 17.3. The molecule has 0 unspecified atom stereocenters. The van der Waals surface area contributed by atoms with Gasteiger partial charge in [0.15, 0.2) is 4.90 Å². The molecule has 1 N–H and O–H groups in total. The fourth-order valence-corrected chi connectivity index (χ4v) is 2.96. The summed E-state index contributed by atoms with van der Waals surface area (Å²) in [4.78, 5) is 9.88. The second-order valence-corrected chi connectivity index (χ2v) is 6.57. The summed E-state index contributed by atoms with van der Waals surface area (Å²) in [6, 6.07) is 3.56. The molecule has 0 amide bonds. The highest BCUT2D eigenvalue weighted by Gasteiger charge is 2.30. The lowest BCUT2D eigenvalue weighted by Gasteiger charge is -2.18. The van der Waals surface area contributed by atoms with Gasteiger partial charge in [0.25, 0.3) is 5.69 Å². The van der Waals surface area contributed by atoms with Crippen molar-refractivity contribution in [2.45, 2.75) is 24.3 Å². The van der Waals surface area contributed by atoms with E-state index < -0.39 is 31.6 Å². The van der Waals surface area contributed by atoms with E-state index in [9.17, 15) is 23.6 Å². The van der Waals surface area contributed by atoms with E-state index in [0.717, 1.165) is 16.4 Å². The first-order valence-electron chi connectivity index (χ1n) is 6.17. The molecule has 0 aliphatic carbocycles. The molecule has 1 atom stereocenters. The van der Waals surface area contributed by atoms with Crippen LogP contribution in [0.5, 0.6) is 5.75 Å². The van der Waals surface area contributed by atoms with Crippen molar-refractivity contribution in [2.24, 2.45) is 0 Å². The number of rotatable bonds is 7. The number of hydrogen-bond acceptors (Lipinski definition) is 6. The number of methoxy groups -OCH3 is 1. The second kappa shape index (κ2) is 6.83. The minimum absolute atomic E-state index is 0.0587. The lowest BCUT2D eigenvalue weighted by molar-refractivity contribution is -0.387. The van der Waals surface area contributed by atoms with Crippen molar-refractivity contribution in [1.82, 2.24) is 4.31 Å². The van der Waals surface area contributed by atoms with Crippen LogP contribution in [0.3, 0.4) is 0 Å². The molecule has 0 aliphatic rings. The monoisotopic (exact) mass is 318 g/mol. The van der Waals surface area contributed by atoms with Crippen LogP contribution in [0.15, 0.2) is 23.1 Å². The van der Waals surface area contributed by atoms with Crippen molar-refractivity contribution in [2.75, 3.05) is 20.7 Å². The Labute approximate surface area is 123 Å². The standard InChI is InChI=1S/C12H18N2O6S/c1-9(15)6-7-13(2)21(18,19)12-5-4-10(20-3)8-11(12)14(16)17/h4-5,8-9,15H,6-7H2,1-3H3/t9-/m1/s1. The molecule has 21 heavy (non-hydrogen) atoms. The molecular weight excluding hydrogens is 300 g/mol. The van der Waals surface area contributed by atoms with Gasteiger partial charge in [-0.15, -0.1) is 0 Å². The van der Waals surface area contributed by atoms with E-state index in [4.69, 9.17) is 4.74 Å². The molecular formula is C12H18N2O6S. The lowest BCUT2D eigenvalue weighted by atomic mass is 10.3. The number of sulfonamides is 1. The Kier molecular flexibility index (Phi) is 5.64. The topological polar surface area (TPSA) is 110 Å². The molecule has 0 aromatic heterocycles. The van der Waals surface area contributed by atoms with Crippen molar-refractivity contribution < 1.29 is 23.2 Å². The van der Waals surface area contributed by atoms with Crippen LogP contribution >= 0.6 is 0 Å². The SMILES string of the molecule is COc1ccc(S(=O)(=O)N(C)CC[C@@H](C)O)c([N+](=O)[O-])c1. The van der Waals surface area contributed by atoms with Crippen LogP contribution in [0.25, 0.3) is 0 Å². The fourth-order valence-electron chi connectivity index (χ4n) is 1.64. The maximum Gasteiger partial charge on any atom is 0.293 e. The van der Waals surface area contributed by atoms with Crippen LogP contribution in [-0.2, 0) is 10.0 Å². The van der Waals surface area contributed by atoms with E-state index in [0.29, 0.717) is 0 Å². The molecule has 0 heterocycles. The number of nitro benzene ring substituents is 1. The van der Waals surface area contributed by atoms with E-state index in [-0.39, 0.29) is 18.7 Å². The van der Waals surface area contributed by atoms with Crippen molar-refractivity contribution in [1.29, 1.82) is 0 Å². The highest BCUT2D eigenvalue weighted by Crippen LogP contribution is 2.30. The molecule has 0 aliphatic heterocycles. The summed E-state index contributed by atoms with van der Waals surface area (Å²) < 4.78 is 30.6. The number of nitro groups is 1. The van der Waals surface area contributed by atoms with E-state index in [1.165, 1.54) is 27.1 Å². The molecule has 0 radical (unpaired) electrons. The summed E-state index contributed by atoms with van der Waals surface area (Å²) in [6.45, 7) is 1.60. The normalized spacial score (nSPS) is 13.2. The average Bonchev–Trinajstić information content (AvgIpc) is 2.43. The van der Waals surface area contributed by atoms with Gasteiger partial charge in [-0.05, 0) is 25.5 Å². The largest absolute Gasteiger partial charge is 0.497 e. The average molecular weight is 318 g/mol. The summed E-state index contributed by atoms with van der Waals surface area (Å²) in [5, 5.41) is 20.3. The van der Waals surface area contributed by atoms with Gasteiger partial charge in [-0.1, -0.05) is 0 Å². The minimum atomic E-state index is -4.01. The van der Waals surface area contributed by atoms with Gasteiger partial charge in [0.2, 0.25) is 10.0 Å². The van der Waals surface area contributed by atoms with E-state index >= 15 is 0 Å². The van der Waals surface area contributed by atoms with Gasteiger partial charge in [-0.25, -0.2) is 12.7 Å². The van der Waals surface area contributed by atoms with Crippen LogP contribution in [0.2, 0.25) is 0 Å². The Bertz CT molecular complexity index is 614. The smallest absolute Gasteiger partial charge is 0.293 e. The Morgan fingerprint density at radius 1 is 1.48 bits per heavy atom. The minimum Gasteiger partial charge on any atom is -0.497 e. The maximum absolute atomic E-state index is 12.4. The molecule has 9 heteroatoms. The third-order valence-corrected chi connectivity index (χ3v) is 4.82. The van der Waals surface area contributed by atoms with Crippen LogP contribution < -0.4 is 4.74 Å². The van der Waals surface area contributed by atoms with Gasteiger partial charge >= 0.3 is 0 Å².